The quantitative estimate of drug-likeness (QED) is 0.226. The van der Waals surface area contributed by atoms with Crippen LogP contribution >= 0.6 is 0 Å². The summed E-state index contributed by atoms with van der Waals surface area (Å²) in [6.45, 7) is 4.02. The van der Waals surface area contributed by atoms with Gasteiger partial charge < -0.3 is 4.74 Å². The highest BCUT2D eigenvalue weighted by Crippen LogP contribution is 1.74. The van der Waals surface area contributed by atoms with Crippen LogP contribution in [0.4, 0.5) is 0 Å². The molecule has 0 aliphatic carbocycles. The Balaban J connectivity index is 3.26. The van der Waals surface area contributed by atoms with Gasteiger partial charge in [-0.2, -0.15) is 0 Å². The summed E-state index contributed by atoms with van der Waals surface area (Å²) < 4.78 is 4.84. The summed E-state index contributed by atoms with van der Waals surface area (Å²) in [6.07, 6.45) is -0.345. The summed E-state index contributed by atoms with van der Waals surface area (Å²) in [5, 5.41) is 0. The topological polar surface area (TPSA) is 71.3 Å². The minimum Gasteiger partial charge on any atom is -0.351 e. The highest BCUT2D eigenvalue weighted by molar-refractivity contribution is 4.47. The molecule has 0 radical (unpaired) electrons. The van der Waals surface area contributed by atoms with Crippen LogP contribution < -0.4 is 22.1 Å². The second-order valence-electron chi connectivity index (χ2n) is 2.23. The van der Waals surface area contributed by atoms with E-state index < -0.39 is 0 Å². The van der Waals surface area contributed by atoms with Crippen LogP contribution in [0.3, 0.4) is 0 Å². The second kappa shape index (κ2) is 5.57. The molecule has 10 heavy (non-hydrogen) atoms. The Labute approximate surface area is 61.2 Å². The molecule has 0 bridgehead atoms. The Morgan fingerprint density at radius 3 is 2.20 bits per heavy atom. The average Bonchev–Trinajstić information content (AvgIpc) is 1.90. The van der Waals surface area contributed by atoms with Crippen LogP contribution in [-0.4, -0.2) is 19.5 Å². The summed E-state index contributed by atoms with van der Waals surface area (Å²) in [4.78, 5) is 0. The molecule has 62 valence electrons. The molecular weight excluding hydrogens is 132 g/mol. The van der Waals surface area contributed by atoms with Crippen molar-refractivity contribution in [2.24, 2.45) is 5.84 Å². The van der Waals surface area contributed by atoms with E-state index in [-0.39, 0.29) is 6.35 Å². The molecule has 0 aliphatic rings. The van der Waals surface area contributed by atoms with Crippen molar-refractivity contribution < 1.29 is 4.74 Å². The first-order valence-electron chi connectivity index (χ1n) is 3.20. The zero-order chi connectivity index (χ0) is 7.98. The van der Waals surface area contributed by atoms with Gasteiger partial charge in [0.15, 0.2) is 6.35 Å². The summed E-state index contributed by atoms with van der Waals surface area (Å²) in [7, 11) is 1.56. The minimum absolute atomic E-state index is 0.345. The first kappa shape index (κ1) is 9.80. The molecule has 0 rings (SSSR count). The maximum Gasteiger partial charge on any atom is 0.187 e. The van der Waals surface area contributed by atoms with Crippen molar-refractivity contribution in [2.45, 2.75) is 26.2 Å². The molecule has 0 saturated heterocycles. The minimum atomic E-state index is -0.345. The molecule has 0 aromatic heterocycles. The average molecular weight is 148 g/mol. The molecule has 0 aliphatic heterocycles. The van der Waals surface area contributed by atoms with Gasteiger partial charge in [0.25, 0.3) is 0 Å². The monoisotopic (exact) mass is 148 g/mol. The van der Waals surface area contributed by atoms with E-state index >= 15 is 0 Å². The van der Waals surface area contributed by atoms with Crippen LogP contribution in [-0.2, 0) is 4.74 Å². The van der Waals surface area contributed by atoms with E-state index in [2.05, 4.69) is 16.3 Å². The van der Waals surface area contributed by atoms with E-state index in [0.717, 1.165) is 0 Å². The van der Waals surface area contributed by atoms with E-state index in [1.54, 1.807) is 7.11 Å². The highest BCUT2D eigenvalue weighted by Gasteiger charge is 2.00. The number of nitrogens with one attached hydrogen (secondary N) is 3. The predicted octanol–water partition coefficient (Wildman–Crippen LogP) is -1.12. The van der Waals surface area contributed by atoms with Gasteiger partial charge in [0.05, 0.1) is 0 Å². The molecule has 0 aromatic carbocycles. The number of nitrogens with two attached hydrogens (primary N) is 1. The Morgan fingerprint density at radius 1 is 1.30 bits per heavy atom. The SMILES string of the molecule is COC(NN)NNC(C)C. The van der Waals surface area contributed by atoms with Crippen LogP contribution in [0.15, 0.2) is 0 Å². The normalized spacial score (nSPS) is 14.1. The number of methoxy groups -OCH3 is 1. The third-order valence-corrected chi connectivity index (χ3v) is 0.890. The van der Waals surface area contributed by atoms with E-state index in [9.17, 15) is 0 Å². The van der Waals surface area contributed by atoms with Crippen LogP contribution in [0.25, 0.3) is 0 Å². The summed E-state index contributed by atoms with van der Waals surface area (Å²) in [5.41, 5.74) is 8.15. The van der Waals surface area contributed by atoms with Crippen LogP contribution in [0.5, 0.6) is 0 Å². The Bertz CT molecular complexity index is 74.0. The lowest BCUT2D eigenvalue weighted by molar-refractivity contribution is 0.0310. The van der Waals surface area contributed by atoms with Gasteiger partial charge in [0.2, 0.25) is 0 Å². The molecule has 5 N–H and O–H groups in total. The van der Waals surface area contributed by atoms with Crippen LogP contribution in [0, 0.1) is 0 Å². The molecule has 1 atom stereocenters. The third-order valence-electron chi connectivity index (χ3n) is 0.890. The molecule has 0 aromatic rings. The smallest absolute Gasteiger partial charge is 0.187 e. The molecule has 0 spiro atoms. The van der Waals surface area contributed by atoms with Crippen molar-refractivity contribution in [3.8, 4) is 0 Å². The van der Waals surface area contributed by atoms with E-state index in [4.69, 9.17) is 10.6 Å². The van der Waals surface area contributed by atoms with Crippen molar-refractivity contribution in [1.82, 2.24) is 16.3 Å². The molecular formula is C5H16N4O. The van der Waals surface area contributed by atoms with Crippen molar-refractivity contribution >= 4 is 0 Å². The maximum atomic E-state index is 5.09. The van der Waals surface area contributed by atoms with Gasteiger partial charge in [0, 0.05) is 13.2 Å². The van der Waals surface area contributed by atoms with Crippen LogP contribution in [0.1, 0.15) is 13.8 Å². The van der Waals surface area contributed by atoms with E-state index in [1.807, 2.05) is 13.8 Å². The summed E-state index contributed by atoms with van der Waals surface area (Å²) in [6, 6.07) is 0.353. The lowest BCUT2D eigenvalue weighted by Crippen LogP contribution is -2.54. The molecule has 5 heteroatoms. The predicted molar refractivity (Wildman–Crippen MR) is 39.5 cm³/mol. The number of hydrogen-bond acceptors (Lipinski definition) is 5. The Morgan fingerprint density at radius 2 is 1.90 bits per heavy atom. The van der Waals surface area contributed by atoms with Gasteiger partial charge >= 0.3 is 0 Å². The fourth-order valence-corrected chi connectivity index (χ4v) is 0.411. The van der Waals surface area contributed by atoms with Crippen LogP contribution in [0.2, 0.25) is 0 Å². The zero-order valence-corrected chi connectivity index (χ0v) is 6.64. The fourth-order valence-electron chi connectivity index (χ4n) is 0.411. The number of rotatable bonds is 5. The Kier molecular flexibility index (Phi) is 5.46. The van der Waals surface area contributed by atoms with Gasteiger partial charge in [-0.15, -0.1) is 0 Å². The third kappa shape index (κ3) is 4.66. The lowest BCUT2D eigenvalue weighted by atomic mass is 10.4. The molecule has 5 nitrogen and oxygen atoms in total. The largest absolute Gasteiger partial charge is 0.351 e. The zero-order valence-electron chi connectivity index (χ0n) is 6.64. The number of hydrogen-bond donors (Lipinski definition) is 4. The second-order valence-corrected chi connectivity index (χ2v) is 2.23. The lowest BCUT2D eigenvalue weighted by Gasteiger charge is -2.17. The molecule has 0 fully saturated rings. The number of hydrazine groups is 2. The first-order chi connectivity index (χ1) is 4.70. The van der Waals surface area contributed by atoms with Gasteiger partial charge in [0.1, 0.15) is 0 Å². The first-order valence-corrected chi connectivity index (χ1v) is 3.20. The Hall–Kier alpha value is -0.200. The number of ether oxygens (including phenoxy) is 1. The summed E-state index contributed by atoms with van der Waals surface area (Å²) >= 11 is 0. The van der Waals surface area contributed by atoms with Gasteiger partial charge in [-0.05, 0) is 13.8 Å². The van der Waals surface area contributed by atoms with E-state index in [0.29, 0.717) is 6.04 Å². The van der Waals surface area contributed by atoms with Crippen molar-refractivity contribution in [2.75, 3.05) is 7.11 Å². The fraction of sp³-hybridized carbons (Fsp3) is 1.00. The molecule has 1 unspecified atom stereocenters. The van der Waals surface area contributed by atoms with Crippen molar-refractivity contribution in [1.29, 1.82) is 0 Å². The van der Waals surface area contributed by atoms with Crippen molar-refractivity contribution in [3.05, 3.63) is 0 Å². The molecule has 0 amide bonds. The van der Waals surface area contributed by atoms with Gasteiger partial charge in [-0.3, -0.25) is 11.3 Å². The molecule has 0 heterocycles. The van der Waals surface area contributed by atoms with Crippen molar-refractivity contribution in [3.63, 3.8) is 0 Å². The summed E-state index contributed by atoms with van der Waals surface area (Å²) in [5.74, 6) is 5.09. The molecule has 0 saturated carbocycles. The van der Waals surface area contributed by atoms with Gasteiger partial charge in [-0.25, -0.2) is 10.9 Å². The maximum absolute atomic E-state index is 5.09. The standard InChI is InChI=1S/C5H16N4O/c1-4(2)8-9-5(7-6)10-3/h4-5,7-9H,6H2,1-3H3. The van der Waals surface area contributed by atoms with Gasteiger partial charge in [-0.1, -0.05) is 0 Å². The van der Waals surface area contributed by atoms with E-state index in [1.165, 1.54) is 0 Å². The highest BCUT2D eigenvalue weighted by atomic mass is 16.5.